The van der Waals surface area contributed by atoms with Crippen molar-refractivity contribution >= 4 is 0 Å². The van der Waals surface area contributed by atoms with Crippen LogP contribution in [0.15, 0.2) is 24.5 Å². The Balaban J connectivity index is 2.11. The van der Waals surface area contributed by atoms with Crippen LogP contribution in [0.2, 0.25) is 0 Å². The Morgan fingerprint density at radius 1 is 1.24 bits per heavy atom. The van der Waals surface area contributed by atoms with Gasteiger partial charge >= 0.3 is 0 Å². The first-order valence-electron chi connectivity index (χ1n) is 7.37. The third-order valence-electron chi connectivity index (χ3n) is 3.03. The van der Waals surface area contributed by atoms with Crippen molar-refractivity contribution in [2.45, 2.75) is 53.2 Å². The molecule has 1 N–H and O–H groups in total. The highest BCUT2D eigenvalue weighted by Crippen LogP contribution is 2.21. The van der Waals surface area contributed by atoms with Crippen molar-refractivity contribution in [2.75, 3.05) is 0 Å². The molecule has 0 saturated carbocycles. The number of hydrogen-bond donors (Lipinski definition) is 1. The van der Waals surface area contributed by atoms with Gasteiger partial charge in [0, 0.05) is 30.4 Å². The van der Waals surface area contributed by atoms with Gasteiger partial charge in [0.15, 0.2) is 5.75 Å². The molecule has 0 unspecified atom stereocenters. The summed E-state index contributed by atoms with van der Waals surface area (Å²) in [6.07, 6.45) is 3.61. The fourth-order valence-corrected chi connectivity index (χ4v) is 1.96. The van der Waals surface area contributed by atoms with E-state index in [4.69, 9.17) is 4.74 Å². The molecule has 2 aromatic rings. The molecule has 2 aromatic heterocycles. The lowest BCUT2D eigenvalue weighted by Gasteiger charge is -2.10. The number of aromatic nitrogens is 3. The molecule has 0 saturated heterocycles. The summed E-state index contributed by atoms with van der Waals surface area (Å²) in [4.78, 5) is 4.42. The Bertz CT molecular complexity index is 590. The van der Waals surface area contributed by atoms with Crippen molar-refractivity contribution in [1.82, 2.24) is 20.1 Å². The lowest BCUT2D eigenvalue weighted by atomic mass is 10.2. The minimum atomic E-state index is 0.318. The van der Waals surface area contributed by atoms with E-state index in [1.165, 1.54) is 5.56 Å². The van der Waals surface area contributed by atoms with E-state index in [1.807, 2.05) is 23.9 Å². The highest BCUT2D eigenvalue weighted by Gasteiger charge is 2.07. The lowest BCUT2D eigenvalue weighted by molar-refractivity contribution is 0.456. The van der Waals surface area contributed by atoms with Crippen molar-refractivity contribution in [1.29, 1.82) is 0 Å². The first-order chi connectivity index (χ1) is 9.94. The Kier molecular flexibility index (Phi) is 4.96. The molecule has 0 spiro atoms. The van der Waals surface area contributed by atoms with E-state index in [0.717, 1.165) is 12.2 Å². The lowest BCUT2D eigenvalue weighted by Crippen LogP contribution is -2.21. The van der Waals surface area contributed by atoms with Crippen molar-refractivity contribution in [3.8, 4) is 11.6 Å². The van der Waals surface area contributed by atoms with Crippen LogP contribution >= 0.6 is 0 Å². The van der Waals surface area contributed by atoms with Crippen LogP contribution in [-0.4, -0.2) is 20.8 Å². The van der Waals surface area contributed by atoms with Crippen molar-refractivity contribution < 1.29 is 4.74 Å². The summed E-state index contributed by atoms with van der Waals surface area (Å²) in [5.74, 6) is 1.32. The number of rotatable bonds is 6. The number of aryl methyl sites for hydroxylation is 1. The largest absolute Gasteiger partial charge is 0.436 e. The second-order valence-electron chi connectivity index (χ2n) is 5.84. The Morgan fingerprint density at radius 3 is 2.62 bits per heavy atom. The first kappa shape index (κ1) is 15.5. The van der Waals surface area contributed by atoms with E-state index in [1.54, 1.807) is 6.20 Å². The molecule has 0 amide bonds. The van der Waals surface area contributed by atoms with Crippen LogP contribution in [0.4, 0.5) is 0 Å². The summed E-state index contributed by atoms with van der Waals surface area (Å²) in [6.45, 7) is 11.2. The number of hydrogen-bond acceptors (Lipinski definition) is 4. The van der Waals surface area contributed by atoms with Gasteiger partial charge in [0.2, 0.25) is 5.88 Å². The van der Waals surface area contributed by atoms with Crippen LogP contribution in [0.5, 0.6) is 11.6 Å². The third-order valence-corrected chi connectivity index (χ3v) is 3.03. The average Bonchev–Trinajstić information content (AvgIpc) is 2.84. The maximum Gasteiger partial charge on any atom is 0.219 e. The normalized spacial score (nSPS) is 11.4. The smallest absolute Gasteiger partial charge is 0.219 e. The number of ether oxygens (including phenoxy) is 1. The molecule has 0 radical (unpaired) electrons. The van der Waals surface area contributed by atoms with Gasteiger partial charge in [-0.2, -0.15) is 5.10 Å². The molecule has 0 bridgehead atoms. The van der Waals surface area contributed by atoms with Gasteiger partial charge in [0.05, 0.1) is 12.4 Å². The van der Waals surface area contributed by atoms with Gasteiger partial charge in [-0.25, -0.2) is 4.98 Å². The molecule has 2 heterocycles. The summed E-state index contributed by atoms with van der Waals surface area (Å²) in [7, 11) is 0. The fraction of sp³-hybridized carbons (Fsp3) is 0.500. The molecule has 0 aromatic carbocycles. The third kappa shape index (κ3) is 4.56. The summed E-state index contributed by atoms with van der Waals surface area (Å²) in [6, 6.07) is 4.81. The molecular formula is C16H24N4O. The molecule has 0 aliphatic carbocycles. The van der Waals surface area contributed by atoms with Crippen LogP contribution < -0.4 is 10.1 Å². The predicted octanol–water partition coefficient (Wildman–Crippen LogP) is 3.46. The van der Waals surface area contributed by atoms with Gasteiger partial charge in [-0.05, 0) is 32.4 Å². The maximum absolute atomic E-state index is 5.82. The Morgan fingerprint density at radius 2 is 2.00 bits per heavy atom. The average molecular weight is 288 g/mol. The topological polar surface area (TPSA) is 52.0 Å². The highest BCUT2D eigenvalue weighted by atomic mass is 16.5. The SMILES string of the molecule is Cc1cc(CNC(C)C)cc(Oc2cnn(C(C)C)c2)n1. The Labute approximate surface area is 126 Å². The molecule has 0 fully saturated rings. The quantitative estimate of drug-likeness (QED) is 0.884. The van der Waals surface area contributed by atoms with Gasteiger partial charge < -0.3 is 10.1 Å². The van der Waals surface area contributed by atoms with Gasteiger partial charge in [-0.3, -0.25) is 4.68 Å². The summed E-state index contributed by atoms with van der Waals surface area (Å²) >= 11 is 0. The zero-order valence-electron chi connectivity index (χ0n) is 13.4. The monoisotopic (exact) mass is 288 g/mol. The summed E-state index contributed by atoms with van der Waals surface area (Å²) in [5.41, 5.74) is 2.12. The molecule has 0 aliphatic heterocycles. The minimum absolute atomic E-state index is 0.318. The van der Waals surface area contributed by atoms with Gasteiger partial charge in [-0.1, -0.05) is 13.8 Å². The zero-order chi connectivity index (χ0) is 15.4. The maximum atomic E-state index is 5.82. The second-order valence-corrected chi connectivity index (χ2v) is 5.84. The summed E-state index contributed by atoms with van der Waals surface area (Å²) < 4.78 is 7.68. The van der Waals surface area contributed by atoms with Gasteiger partial charge in [0.1, 0.15) is 0 Å². The first-order valence-corrected chi connectivity index (χ1v) is 7.37. The second kappa shape index (κ2) is 6.72. The molecule has 2 rings (SSSR count). The Hall–Kier alpha value is -1.88. The minimum Gasteiger partial charge on any atom is -0.436 e. The standard InChI is InChI=1S/C16H24N4O/c1-11(2)17-8-14-6-13(5)19-16(7-14)21-15-9-18-20(10-15)12(3)4/h6-7,9-12,17H,8H2,1-5H3. The number of nitrogens with zero attached hydrogens (tertiary/aromatic N) is 3. The van der Waals surface area contributed by atoms with E-state index in [-0.39, 0.29) is 0 Å². The zero-order valence-corrected chi connectivity index (χ0v) is 13.4. The molecular weight excluding hydrogens is 264 g/mol. The number of nitrogens with one attached hydrogen (secondary N) is 1. The van der Waals surface area contributed by atoms with E-state index in [2.05, 4.69) is 49.2 Å². The van der Waals surface area contributed by atoms with Crippen molar-refractivity contribution in [3.05, 3.63) is 35.8 Å². The molecule has 5 nitrogen and oxygen atoms in total. The van der Waals surface area contributed by atoms with E-state index in [9.17, 15) is 0 Å². The molecule has 114 valence electrons. The van der Waals surface area contributed by atoms with E-state index < -0.39 is 0 Å². The fourth-order valence-electron chi connectivity index (χ4n) is 1.96. The predicted molar refractivity (Wildman–Crippen MR) is 83.6 cm³/mol. The molecule has 0 atom stereocenters. The van der Waals surface area contributed by atoms with E-state index in [0.29, 0.717) is 23.7 Å². The van der Waals surface area contributed by atoms with Crippen LogP contribution in [0.1, 0.15) is 45.0 Å². The van der Waals surface area contributed by atoms with Crippen LogP contribution in [0.25, 0.3) is 0 Å². The highest BCUT2D eigenvalue weighted by molar-refractivity contribution is 5.28. The number of pyridine rings is 1. The molecule has 5 heteroatoms. The van der Waals surface area contributed by atoms with Gasteiger partial charge in [0.25, 0.3) is 0 Å². The molecule has 0 aliphatic rings. The van der Waals surface area contributed by atoms with Crippen LogP contribution in [0.3, 0.4) is 0 Å². The van der Waals surface area contributed by atoms with Gasteiger partial charge in [-0.15, -0.1) is 0 Å². The van der Waals surface area contributed by atoms with Crippen LogP contribution in [0, 0.1) is 6.92 Å². The summed E-state index contributed by atoms with van der Waals surface area (Å²) in [5, 5.41) is 7.67. The molecule has 21 heavy (non-hydrogen) atoms. The van der Waals surface area contributed by atoms with Crippen molar-refractivity contribution in [3.63, 3.8) is 0 Å². The van der Waals surface area contributed by atoms with Crippen molar-refractivity contribution in [2.24, 2.45) is 0 Å². The van der Waals surface area contributed by atoms with Crippen LogP contribution in [-0.2, 0) is 6.54 Å². The van der Waals surface area contributed by atoms with E-state index >= 15 is 0 Å².